The highest BCUT2D eigenvalue weighted by Crippen LogP contribution is 2.38. The fourth-order valence-corrected chi connectivity index (χ4v) is 4.97. The number of amides is 1. The lowest BCUT2D eigenvalue weighted by Gasteiger charge is -2.37. The van der Waals surface area contributed by atoms with Gasteiger partial charge in [-0.15, -0.1) is 0 Å². The van der Waals surface area contributed by atoms with E-state index in [0.29, 0.717) is 33.1 Å². The molecule has 3 aliphatic rings. The molecule has 0 spiro atoms. The van der Waals surface area contributed by atoms with Crippen LogP contribution in [0.3, 0.4) is 0 Å². The maximum atomic E-state index is 14.5. The molecule has 0 aromatic heterocycles. The molecule has 1 amide bonds. The van der Waals surface area contributed by atoms with Gasteiger partial charge in [0.15, 0.2) is 0 Å². The molecular formula is C26H31BrFN3O. The summed E-state index contributed by atoms with van der Waals surface area (Å²) < 4.78 is 15.2. The number of halogens is 2. The Kier molecular flexibility index (Phi) is 6.99. The lowest BCUT2D eigenvalue weighted by atomic mass is 9.81. The summed E-state index contributed by atoms with van der Waals surface area (Å²) in [7, 11) is 1.97. The summed E-state index contributed by atoms with van der Waals surface area (Å²) in [5.74, 6) is 0.720. The minimum absolute atomic E-state index is 0.00402. The third kappa shape index (κ3) is 4.75. The summed E-state index contributed by atoms with van der Waals surface area (Å²) in [4.78, 5) is 22.3. The highest BCUT2D eigenvalue weighted by molar-refractivity contribution is 9.10. The van der Waals surface area contributed by atoms with Gasteiger partial charge in [0, 0.05) is 35.4 Å². The van der Waals surface area contributed by atoms with Gasteiger partial charge in [-0.2, -0.15) is 0 Å². The van der Waals surface area contributed by atoms with Crippen LogP contribution in [-0.4, -0.2) is 41.1 Å². The topological polar surface area (TPSA) is 35.9 Å². The van der Waals surface area contributed by atoms with Crippen LogP contribution in [0.15, 0.2) is 57.9 Å². The van der Waals surface area contributed by atoms with Gasteiger partial charge in [-0.3, -0.25) is 4.79 Å². The Morgan fingerprint density at radius 1 is 1.22 bits per heavy atom. The lowest BCUT2D eigenvalue weighted by molar-refractivity contribution is -0.125. The van der Waals surface area contributed by atoms with E-state index in [0.717, 1.165) is 50.8 Å². The number of carbonyl (C=O) groups excluding carboxylic acids is 1. The highest BCUT2D eigenvalue weighted by Gasteiger charge is 2.32. The predicted molar refractivity (Wildman–Crippen MR) is 131 cm³/mol. The largest absolute Gasteiger partial charge is 0.335 e. The van der Waals surface area contributed by atoms with E-state index in [2.05, 4.69) is 29.4 Å². The Balaban J connectivity index is 1.68. The molecule has 2 fully saturated rings. The molecule has 4 rings (SSSR count). The zero-order valence-corrected chi connectivity index (χ0v) is 20.5. The monoisotopic (exact) mass is 499 g/mol. The van der Waals surface area contributed by atoms with Crippen molar-refractivity contribution in [2.75, 3.05) is 13.6 Å². The van der Waals surface area contributed by atoms with E-state index >= 15 is 0 Å². The van der Waals surface area contributed by atoms with Crippen molar-refractivity contribution in [2.24, 2.45) is 10.9 Å². The predicted octanol–water partition coefficient (Wildman–Crippen LogP) is 6.30. The van der Waals surface area contributed by atoms with Crippen LogP contribution in [0.2, 0.25) is 0 Å². The molecule has 1 atom stereocenters. The van der Waals surface area contributed by atoms with Gasteiger partial charge in [-0.05, 0) is 68.4 Å². The summed E-state index contributed by atoms with van der Waals surface area (Å²) in [6, 6.07) is 5.15. The zero-order chi connectivity index (χ0) is 22.8. The fourth-order valence-electron chi connectivity index (χ4n) is 4.64. The Labute approximate surface area is 198 Å². The highest BCUT2D eigenvalue weighted by atomic mass is 79.9. The van der Waals surface area contributed by atoms with Crippen molar-refractivity contribution in [3.8, 4) is 0 Å². The molecule has 0 radical (unpaired) electrons. The minimum Gasteiger partial charge on any atom is -0.335 e. The molecule has 6 heteroatoms. The van der Waals surface area contributed by atoms with Crippen molar-refractivity contribution >= 4 is 33.1 Å². The number of hydrogen-bond acceptors (Lipinski definition) is 3. The molecule has 1 saturated heterocycles. The molecule has 4 nitrogen and oxygen atoms in total. The van der Waals surface area contributed by atoms with Gasteiger partial charge in [0.1, 0.15) is 17.3 Å². The van der Waals surface area contributed by atoms with Gasteiger partial charge in [0.25, 0.3) is 5.91 Å². The first-order valence-corrected chi connectivity index (χ1v) is 12.4. The molecule has 2 aliphatic heterocycles. The quantitative estimate of drug-likeness (QED) is 0.486. The summed E-state index contributed by atoms with van der Waals surface area (Å²) in [6.45, 7) is 6.99. The summed E-state index contributed by atoms with van der Waals surface area (Å²) in [6.07, 6.45) is 11.6. The Bertz CT molecular complexity index is 1010. The lowest BCUT2D eigenvalue weighted by Crippen LogP contribution is -2.43. The number of rotatable bonds is 4. The second kappa shape index (κ2) is 9.74. The average molecular weight is 500 g/mol. The Morgan fingerprint density at radius 2 is 2.00 bits per heavy atom. The SMILES string of the molecule is C=C(/C=C1/N=C(C(=O)N2CCCCCC2C)C=C(C2CCC2)N1C)c1ccc(Br)cc1F. The molecule has 170 valence electrons. The van der Waals surface area contributed by atoms with Crippen LogP contribution in [-0.2, 0) is 4.79 Å². The normalized spacial score (nSPS) is 23.4. The molecule has 1 saturated carbocycles. The Hall–Kier alpha value is -2.21. The van der Waals surface area contributed by atoms with Crippen LogP contribution in [0, 0.1) is 11.7 Å². The van der Waals surface area contributed by atoms with Crippen molar-refractivity contribution in [2.45, 2.75) is 57.9 Å². The van der Waals surface area contributed by atoms with Crippen molar-refractivity contribution in [3.05, 3.63) is 64.3 Å². The summed E-state index contributed by atoms with van der Waals surface area (Å²) in [5.41, 5.74) is 2.56. The molecule has 2 heterocycles. The third-order valence-corrected chi connectivity index (χ3v) is 7.38. The number of nitrogens with zero attached hydrogens (tertiary/aromatic N) is 3. The molecular weight excluding hydrogens is 469 g/mol. The Morgan fingerprint density at radius 3 is 2.69 bits per heavy atom. The average Bonchev–Trinajstić information content (AvgIpc) is 2.93. The van der Waals surface area contributed by atoms with Crippen LogP contribution in [0.1, 0.15) is 57.4 Å². The van der Waals surface area contributed by atoms with E-state index in [1.165, 1.54) is 12.5 Å². The molecule has 32 heavy (non-hydrogen) atoms. The summed E-state index contributed by atoms with van der Waals surface area (Å²) >= 11 is 3.30. The van der Waals surface area contributed by atoms with E-state index < -0.39 is 0 Å². The number of likely N-dealkylation sites (tertiary alicyclic amines) is 1. The van der Waals surface area contributed by atoms with Crippen LogP contribution in [0.4, 0.5) is 4.39 Å². The molecule has 1 aromatic rings. The first-order valence-electron chi connectivity index (χ1n) is 11.6. The minimum atomic E-state index is -0.340. The van der Waals surface area contributed by atoms with E-state index in [4.69, 9.17) is 4.99 Å². The standard InChI is InChI=1S/C26H31BrFN3O/c1-17(21-12-11-20(27)15-22(21)28)14-25-29-23(16-24(30(25)3)19-9-7-10-19)26(32)31-13-6-4-5-8-18(31)2/h11-12,14-16,18-19H,1,4-10,13H2,2-3H3/b25-14-. The van der Waals surface area contributed by atoms with Crippen LogP contribution >= 0.6 is 15.9 Å². The molecule has 0 N–H and O–H groups in total. The number of hydrogen-bond donors (Lipinski definition) is 0. The van der Waals surface area contributed by atoms with Gasteiger partial charge in [0.05, 0.1) is 0 Å². The summed E-state index contributed by atoms with van der Waals surface area (Å²) in [5, 5.41) is 0. The number of benzene rings is 1. The third-order valence-electron chi connectivity index (χ3n) is 6.89. The van der Waals surface area contributed by atoms with Gasteiger partial charge in [0.2, 0.25) is 0 Å². The van der Waals surface area contributed by atoms with Crippen LogP contribution in [0.5, 0.6) is 0 Å². The van der Waals surface area contributed by atoms with Crippen molar-refractivity contribution in [1.29, 1.82) is 0 Å². The van der Waals surface area contributed by atoms with Gasteiger partial charge >= 0.3 is 0 Å². The van der Waals surface area contributed by atoms with E-state index in [9.17, 15) is 9.18 Å². The van der Waals surface area contributed by atoms with Gasteiger partial charge in [-0.1, -0.05) is 47.8 Å². The van der Waals surface area contributed by atoms with E-state index in [1.807, 2.05) is 22.9 Å². The fraction of sp³-hybridized carbons (Fsp3) is 0.462. The first kappa shape index (κ1) is 23.0. The zero-order valence-electron chi connectivity index (χ0n) is 18.9. The smallest absolute Gasteiger partial charge is 0.272 e. The van der Waals surface area contributed by atoms with Crippen LogP contribution in [0.25, 0.3) is 5.57 Å². The van der Waals surface area contributed by atoms with Crippen molar-refractivity contribution < 1.29 is 9.18 Å². The molecule has 1 unspecified atom stereocenters. The second-order valence-electron chi connectivity index (χ2n) is 9.10. The van der Waals surface area contributed by atoms with Gasteiger partial charge in [-0.25, -0.2) is 9.38 Å². The van der Waals surface area contributed by atoms with Crippen molar-refractivity contribution in [1.82, 2.24) is 9.80 Å². The number of carbonyl (C=O) groups is 1. The number of allylic oxidation sites excluding steroid dienone is 3. The van der Waals surface area contributed by atoms with Crippen LogP contribution < -0.4 is 0 Å². The maximum absolute atomic E-state index is 14.5. The number of aliphatic imine (C=N–C) groups is 1. The van der Waals surface area contributed by atoms with E-state index in [1.54, 1.807) is 18.2 Å². The maximum Gasteiger partial charge on any atom is 0.272 e. The molecule has 1 aliphatic carbocycles. The van der Waals surface area contributed by atoms with Crippen molar-refractivity contribution in [3.63, 3.8) is 0 Å². The molecule has 0 bridgehead atoms. The van der Waals surface area contributed by atoms with E-state index in [-0.39, 0.29) is 17.8 Å². The second-order valence-corrected chi connectivity index (χ2v) is 10.0. The first-order chi connectivity index (χ1) is 15.3. The van der Waals surface area contributed by atoms with Gasteiger partial charge < -0.3 is 9.80 Å². The molecule has 1 aromatic carbocycles.